The van der Waals surface area contributed by atoms with E-state index in [0.29, 0.717) is 29.5 Å². The van der Waals surface area contributed by atoms with Crippen molar-refractivity contribution in [2.45, 2.75) is 38.6 Å². The first-order valence-corrected chi connectivity index (χ1v) is 7.86. The third-order valence-corrected chi connectivity index (χ3v) is 3.53. The molecule has 1 unspecified atom stereocenters. The minimum absolute atomic E-state index is 0.0435. The number of nitrogens with two attached hydrogens (primary N) is 1. The second kappa shape index (κ2) is 8.44. The summed E-state index contributed by atoms with van der Waals surface area (Å²) >= 11 is 0. The Morgan fingerprint density at radius 3 is 2.96 bits per heavy atom. The second-order valence-corrected chi connectivity index (χ2v) is 5.60. The van der Waals surface area contributed by atoms with E-state index in [1.54, 1.807) is 0 Å². The first kappa shape index (κ1) is 17.9. The minimum Gasteiger partial charge on any atom is -0.466 e. The van der Waals surface area contributed by atoms with Crippen molar-refractivity contribution in [3.05, 3.63) is 29.6 Å². The van der Waals surface area contributed by atoms with Gasteiger partial charge < -0.3 is 14.9 Å². The van der Waals surface area contributed by atoms with Crippen LogP contribution in [-0.4, -0.2) is 25.0 Å². The summed E-state index contributed by atoms with van der Waals surface area (Å²) in [5.74, 6) is -0.584. The Kier molecular flexibility index (Phi) is 6.31. The van der Waals surface area contributed by atoms with Crippen molar-refractivity contribution in [1.82, 2.24) is 0 Å². The molecule has 0 saturated heterocycles. The molecule has 0 saturated carbocycles. The summed E-state index contributed by atoms with van der Waals surface area (Å²) in [5.41, 5.74) is 6.96. The number of benzene rings is 1. The number of rotatable bonds is 9. The van der Waals surface area contributed by atoms with Crippen molar-refractivity contribution in [3.63, 3.8) is 0 Å². The maximum absolute atomic E-state index is 13.7. The summed E-state index contributed by atoms with van der Waals surface area (Å²) in [6.45, 7) is 2.39. The zero-order chi connectivity index (χ0) is 17.5. The zero-order valence-corrected chi connectivity index (χ0v) is 13.5. The van der Waals surface area contributed by atoms with Gasteiger partial charge in [0.05, 0.1) is 13.0 Å². The molecule has 1 heterocycles. The Balaban J connectivity index is 2.07. The molecule has 24 heavy (non-hydrogen) atoms. The molecule has 1 aromatic carbocycles. The van der Waals surface area contributed by atoms with Gasteiger partial charge in [0.2, 0.25) is 12.3 Å². The highest BCUT2D eigenvalue weighted by Gasteiger charge is 2.16. The summed E-state index contributed by atoms with van der Waals surface area (Å²) in [6.07, 6.45) is 2.53. The van der Waals surface area contributed by atoms with Crippen molar-refractivity contribution in [3.8, 4) is 0 Å². The summed E-state index contributed by atoms with van der Waals surface area (Å²) in [4.78, 5) is 22.2. The van der Waals surface area contributed by atoms with Crippen LogP contribution in [0.1, 0.15) is 31.7 Å². The van der Waals surface area contributed by atoms with Gasteiger partial charge in [-0.25, -0.2) is 4.39 Å². The van der Waals surface area contributed by atoms with Gasteiger partial charge in [0.15, 0.2) is 0 Å². The monoisotopic (exact) mass is 336 g/mol. The Labute approximate surface area is 139 Å². The number of carbonyl (C=O) groups is 2. The molecule has 1 aromatic heterocycles. The average Bonchev–Trinajstić information content (AvgIpc) is 2.90. The maximum Gasteiger partial charge on any atom is 0.307 e. The average molecular weight is 336 g/mol. The number of halogens is 1. The number of amides is 1. The van der Waals surface area contributed by atoms with Crippen LogP contribution >= 0.6 is 0 Å². The molecule has 0 aliphatic carbocycles. The molecule has 0 spiro atoms. The zero-order valence-electron chi connectivity index (χ0n) is 13.5. The molecule has 0 bridgehead atoms. The van der Waals surface area contributed by atoms with Crippen LogP contribution in [0, 0.1) is 5.82 Å². The van der Waals surface area contributed by atoms with Gasteiger partial charge in [-0.05, 0) is 30.5 Å². The number of anilines is 1. The lowest BCUT2D eigenvalue weighted by atomic mass is 10.0. The van der Waals surface area contributed by atoms with Gasteiger partial charge >= 0.3 is 5.97 Å². The highest BCUT2D eigenvalue weighted by Crippen LogP contribution is 2.28. The van der Waals surface area contributed by atoms with Crippen molar-refractivity contribution in [1.29, 1.82) is 0 Å². The fourth-order valence-electron chi connectivity index (χ4n) is 2.42. The van der Waals surface area contributed by atoms with E-state index in [1.165, 1.54) is 18.2 Å². The van der Waals surface area contributed by atoms with Crippen LogP contribution in [0.15, 0.2) is 22.6 Å². The Morgan fingerprint density at radius 2 is 2.25 bits per heavy atom. The number of carbonyl (C=O) groups excluding carboxylic acids is 2. The molecule has 2 aromatic rings. The van der Waals surface area contributed by atoms with E-state index in [0.717, 1.165) is 12.8 Å². The van der Waals surface area contributed by atoms with E-state index in [9.17, 15) is 14.0 Å². The normalized spacial score (nSPS) is 12.1. The number of hydrogen-bond donors (Lipinski definition) is 2. The highest BCUT2D eigenvalue weighted by molar-refractivity contribution is 5.86. The first-order valence-electron chi connectivity index (χ1n) is 7.86. The molecule has 0 fully saturated rings. The van der Waals surface area contributed by atoms with Crippen LogP contribution in [-0.2, 0) is 20.7 Å². The van der Waals surface area contributed by atoms with E-state index in [2.05, 4.69) is 5.32 Å². The van der Waals surface area contributed by atoms with E-state index in [4.69, 9.17) is 14.9 Å². The van der Waals surface area contributed by atoms with Gasteiger partial charge in [-0.2, -0.15) is 0 Å². The lowest BCUT2D eigenvalue weighted by Crippen LogP contribution is -2.27. The smallest absolute Gasteiger partial charge is 0.307 e. The van der Waals surface area contributed by atoms with Crippen molar-refractivity contribution in [2.75, 3.05) is 11.9 Å². The number of hydrogen-bond acceptors (Lipinski definition) is 5. The van der Waals surface area contributed by atoms with Crippen molar-refractivity contribution in [2.24, 2.45) is 5.73 Å². The van der Waals surface area contributed by atoms with E-state index >= 15 is 0 Å². The third-order valence-electron chi connectivity index (χ3n) is 3.53. The fraction of sp³-hybridized carbons (Fsp3) is 0.412. The summed E-state index contributed by atoms with van der Waals surface area (Å²) in [7, 11) is 0. The van der Waals surface area contributed by atoms with E-state index in [-0.39, 0.29) is 24.7 Å². The fourth-order valence-corrected chi connectivity index (χ4v) is 2.42. The predicted octanol–water partition coefficient (Wildman–Crippen LogP) is 2.74. The molecule has 2 rings (SSSR count). The van der Waals surface area contributed by atoms with Crippen LogP contribution in [0.2, 0.25) is 0 Å². The lowest BCUT2D eigenvalue weighted by molar-refractivity contribution is -0.144. The third kappa shape index (κ3) is 4.79. The molecular formula is C17H21FN2O4. The van der Waals surface area contributed by atoms with Gasteiger partial charge in [-0.1, -0.05) is 13.3 Å². The van der Waals surface area contributed by atoms with E-state index in [1.807, 2.05) is 6.92 Å². The molecule has 0 aliphatic rings. The predicted molar refractivity (Wildman–Crippen MR) is 88.0 cm³/mol. The van der Waals surface area contributed by atoms with Gasteiger partial charge in [0.25, 0.3) is 0 Å². The van der Waals surface area contributed by atoms with Crippen molar-refractivity contribution < 1.29 is 23.1 Å². The quantitative estimate of drug-likeness (QED) is 0.417. The molecule has 1 atom stereocenters. The topological polar surface area (TPSA) is 94.6 Å². The molecular weight excluding hydrogens is 315 g/mol. The van der Waals surface area contributed by atoms with Gasteiger partial charge in [-0.15, -0.1) is 0 Å². The maximum atomic E-state index is 13.7. The number of furan rings is 1. The largest absolute Gasteiger partial charge is 0.466 e. The first-order chi connectivity index (χ1) is 11.5. The SMILES string of the molecule is CCCCOC(=O)CC(N)Cc1cc(F)cc2cc(NC=O)oc12. The number of esters is 1. The van der Waals surface area contributed by atoms with Gasteiger partial charge in [0, 0.05) is 17.5 Å². The minimum atomic E-state index is -0.517. The van der Waals surface area contributed by atoms with Crippen LogP contribution in [0.4, 0.5) is 10.3 Å². The molecule has 0 radical (unpaired) electrons. The van der Waals surface area contributed by atoms with Gasteiger partial charge in [-0.3, -0.25) is 14.9 Å². The number of fused-ring (bicyclic) bond motifs is 1. The highest BCUT2D eigenvalue weighted by atomic mass is 19.1. The molecule has 130 valence electrons. The number of unbranched alkanes of at least 4 members (excludes halogenated alkanes) is 1. The molecule has 0 aliphatic heterocycles. The molecule has 7 heteroatoms. The van der Waals surface area contributed by atoms with Crippen LogP contribution in [0.5, 0.6) is 0 Å². The van der Waals surface area contributed by atoms with Crippen LogP contribution in [0.3, 0.4) is 0 Å². The lowest BCUT2D eigenvalue weighted by Gasteiger charge is -2.12. The van der Waals surface area contributed by atoms with E-state index < -0.39 is 11.9 Å². The second-order valence-electron chi connectivity index (χ2n) is 5.60. The Morgan fingerprint density at radius 1 is 1.46 bits per heavy atom. The number of nitrogens with one attached hydrogen (secondary N) is 1. The Bertz CT molecular complexity index is 714. The summed E-state index contributed by atoms with van der Waals surface area (Å²) < 4.78 is 24.3. The van der Waals surface area contributed by atoms with Crippen LogP contribution in [0.25, 0.3) is 11.0 Å². The molecule has 6 nitrogen and oxygen atoms in total. The molecule has 1 amide bonds. The van der Waals surface area contributed by atoms with Crippen molar-refractivity contribution >= 4 is 29.2 Å². The Hall–Kier alpha value is -2.41. The summed E-state index contributed by atoms with van der Waals surface area (Å²) in [6, 6.07) is 3.64. The number of ether oxygens (including phenoxy) is 1. The van der Waals surface area contributed by atoms with Gasteiger partial charge in [0.1, 0.15) is 11.4 Å². The van der Waals surface area contributed by atoms with Crippen LogP contribution < -0.4 is 11.1 Å². The summed E-state index contributed by atoms with van der Waals surface area (Å²) in [5, 5.41) is 2.90. The molecule has 3 N–H and O–H groups in total. The standard InChI is InChI=1S/C17H21FN2O4/c1-2-3-4-23-16(22)9-14(19)7-11-5-13(18)6-12-8-15(20-10-21)24-17(11)12/h5-6,8,10,14H,2-4,7,9,19H2,1H3,(H,20,21).